The fourth-order valence-corrected chi connectivity index (χ4v) is 1.45. The summed E-state index contributed by atoms with van der Waals surface area (Å²) in [5.41, 5.74) is 0. The van der Waals surface area contributed by atoms with Gasteiger partial charge in [-0.25, -0.2) is 4.98 Å². The van der Waals surface area contributed by atoms with Crippen LogP contribution in [0.25, 0.3) is 0 Å². The molecule has 0 saturated carbocycles. The van der Waals surface area contributed by atoms with E-state index in [2.05, 4.69) is 25.5 Å². The second-order valence-electron chi connectivity index (χ2n) is 3.16. The molecule has 0 N–H and O–H groups in total. The predicted molar refractivity (Wildman–Crippen MR) is 55.6 cm³/mol. The molecule has 1 aromatic rings. The van der Waals surface area contributed by atoms with Gasteiger partial charge in [-0.15, -0.1) is 0 Å². The highest BCUT2D eigenvalue weighted by atomic mass is 79.9. The van der Waals surface area contributed by atoms with Crippen LogP contribution in [0.2, 0.25) is 0 Å². The van der Waals surface area contributed by atoms with Crippen molar-refractivity contribution in [3.8, 4) is 0 Å². The van der Waals surface area contributed by atoms with Gasteiger partial charge in [-0.2, -0.15) is 0 Å². The van der Waals surface area contributed by atoms with E-state index in [0.717, 1.165) is 24.3 Å². The summed E-state index contributed by atoms with van der Waals surface area (Å²) in [6.07, 6.45) is 5.09. The molecule has 0 aliphatic heterocycles. The van der Waals surface area contributed by atoms with E-state index < -0.39 is 0 Å². The molecule has 0 spiro atoms. The topological polar surface area (TPSA) is 27.1 Å². The van der Waals surface area contributed by atoms with Crippen molar-refractivity contribution in [2.75, 3.05) is 6.61 Å². The SMILES string of the molecule is CC(C)OCCCn1ccnc1Br. The van der Waals surface area contributed by atoms with E-state index in [-0.39, 0.29) is 0 Å². The van der Waals surface area contributed by atoms with Gasteiger partial charge in [-0.3, -0.25) is 0 Å². The van der Waals surface area contributed by atoms with Gasteiger partial charge in [0.1, 0.15) is 0 Å². The summed E-state index contributed by atoms with van der Waals surface area (Å²) in [5.74, 6) is 0. The minimum Gasteiger partial charge on any atom is -0.379 e. The molecule has 0 bridgehead atoms. The van der Waals surface area contributed by atoms with Gasteiger partial charge in [-0.05, 0) is 36.2 Å². The Hall–Kier alpha value is -0.350. The fourth-order valence-electron chi connectivity index (χ4n) is 1.03. The Morgan fingerprint density at radius 2 is 2.38 bits per heavy atom. The highest BCUT2D eigenvalue weighted by Gasteiger charge is 1.98. The molecule has 0 radical (unpaired) electrons. The predicted octanol–water partition coefficient (Wildman–Crippen LogP) is 2.46. The maximum Gasteiger partial charge on any atom is 0.177 e. The summed E-state index contributed by atoms with van der Waals surface area (Å²) >= 11 is 3.36. The van der Waals surface area contributed by atoms with Crippen molar-refractivity contribution in [3.05, 3.63) is 17.1 Å². The third kappa shape index (κ3) is 3.91. The fraction of sp³-hybridized carbons (Fsp3) is 0.667. The lowest BCUT2D eigenvalue weighted by Crippen LogP contribution is -2.07. The lowest BCUT2D eigenvalue weighted by Gasteiger charge is -2.07. The quantitative estimate of drug-likeness (QED) is 0.747. The molecule has 1 rings (SSSR count). The van der Waals surface area contributed by atoms with E-state index in [1.807, 2.05) is 20.0 Å². The monoisotopic (exact) mass is 246 g/mol. The summed E-state index contributed by atoms with van der Waals surface area (Å²) in [6.45, 7) is 5.86. The van der Waals surface area contributed by atoms with Gasteiger partial charge in [0.05, 0.1) is 6.10 Å². The number of nitrogens with zero attached hydrogens (tertiary/aromatic N) is 2. The molecule has 0 unspecified atom stereocenters. The summed E-state index contributed by atoms with van der Waals surface area (Å²) in [4.78, 5) is 4.07. The second-order valence-corrected chi connectivity index (χ2v) is 3.87. The van der Waals surface area contributed by atoms with Crippen molar-refractivity contribution in [1.82, 2.24) is 9.55 Å². The molecule has 0 saturated heterocycles. The van der Waals surface area contributed by atoms with E-state index in [9.17, 15) is 0 Å². The van der Waals surface area contributed by atoms with Crippen molar-refractivity contribution in [2.45, 2.75) is 32.9 Å². The third-order valence-electron chi connectivity index (χ3n) is 1.66. The zero-order valence-corrected chi connectivity index (χ0v) is 9.62. The summed E-state index contributed by atoms with van der Waals surface area (Å²) in [6, 6.07) is 0. The average Bonchev–Trinajstić information content (AvgIpc) is 2.45. The highest BCUT2D eigenvalue weighted by molar-refractivity contribution is 9.10. The third-order valence-corrected chi connectivity index (χ3v) is 2.32. The molecular formula is C9H15BrN2O. The molecular weight excluding hydrogens is 232 g/mol. The number of hydrogen-bond acceptors (Lipinski definition) is 2. The van der Waals surface area contributed by atoms with Crippen LogP contribution in [0, 0.1) is 0 Å². The number of hydrogen-bond donors (Lipinski definition) is 0. The van der Waals surface area contributed by atoms with Gasteiger partial charge >= 0.3 is 0 Å². The van der Waals surface area contributed by atoms with Crippen molar-refractivity contribution in [2.24, 2.45) is 0 Å². The molecule has 1 aromatic heterocycles. The minimum atomic E-state index is 0.325. The maximum absolute atomic E-state index is 5.43. The maximum atomic E-state index is 5.43. The first-order valence-electron chi connectivity index (χ1n) is 4.48. The van der Waals surface area contributed by atoms with E-state index in [1.54, 1.807) is 6.20 Å². The van der Waals surface area contributed by atoms with Gasteiger partial charge in [0.15, 0.2) is 4.73 Å². The molecule has 3 nitrogen and oxygen atoms in total. The Balaban J connectivity index is 2.17. The first-order valence-corrected chi connectivity index (χ1v) is 5.27. The Morgan fingerprint density at radius 1 is 1.62 bits per heavy atom. The molecule has 0 amide bonds. The summed E-state index contributed by atoms with van der Waals surface area (Å²) in [7, 11) is 0. The van der Waals surface area contributed by atoms with Crippen LogP contribution in [-0.2, 0) is 11.3 Å². The zero-order valence-electron chi connectivity index (χ0n) is 8.03. The zero-order chi connectivity index (χ0) is 9.68. The highest BCUT2D eigenvalue weighted by Crippen LogP contribution is 2.06. The molecule has 0 aromatic carbocycles. The van der Waals surface area contributed by atoms with Crippen molar-refractivity contribution < 1.29 is 4.74 Å². The van der Waals surface area contributed by atoms with Gasteiger partial charge in [0, 0.05) is 25.5 Å². The van der Waals surface area contributed by atoms with Crippen LogP contribution in [0.5, 0.6) is 0 Å². The molecule has 0 fully saturated rings. The molecule has 0 atom stereocenters. The number of halogens is 1. The van der Waals surface area contributed by atoms with E-state index in [1.165, 1.54) is 0 Å². The van der Waals surface area contributed by atoms with Crippen LogP contribution in [0.1, 0.15) is 20.3 Å². The normalized spacial score (nSPS) is 11.1. The first kappa shape index (κ1) is 10.7. The van der Waals surface area contributed by atoms with Crippen LogP contribution in [0.4, 0.5) is 0 Å². The average molecular weight is 247 g/mol. The van der Waals surface area contributed by atoms with Crippen molar-refractivity contribution in [1.29, 1.82) is 0 Å². The lowest BCUT2D eigenvalue weighted by atomic mass is 10.4. The second kappa shape index (κ2) is 5.40. The minimum absolute atomic E-state index is 0.325. The molecule has 74 valence electrons. The first-order chi connectivity index (χ1) is 6.20. The van der Waals surface area contributed by atoms with Gasteiger partial charge in [-0.1, -0.05) is 0 Å². The number of ether oxygens (including phenoxy) is 1. The largest absolute Gasteiger partial charge is 0.379 e. The summed E-state index contributed by atoms with van der Waals surface area (Å²) in [5, 5.41) is 0. The molecule has 13 heavy (non-hydrogen) atoms. The van der Waals surface area contributed by atoms with Crippen LogP contribution < -0.4 is 0 Å². The number of aryl methyl sites for hydroxylation is 1. The van der Waals surface area contributed by atoms with Gasteiger partial charge in [0.2, 0.25) is 0 Å². The Kier molecular flexibility index (Phi) is 4.45. The van der Waals surface area contributed by atoms with Crippen molar-refractivity contribution in [3.63, 3.8) is 0 Å². The molecule has 0 aliphatic rings. The van der Waals surface area contributed by atoms with Gasteiger partial charge < -0.3 is 9.30 Å². The Labute approximate surface area is 87.2 Å². The van der Waals surface area contributed by atoms with E-state index >= 15 is 0 Å². The Bertz CT molecular complexity index is 248. The van der Waals surface area contributed by atoms with Gasteiger partial charge in [0.25, 0.3) is 0 Å². The van der Waals surface area contributed by atoms with E-state index in [4.69, 9.17) is 4.74 Å². The van der Waals surface area contributed by atoms with Crippen LogP contribution in [0.3, 0.4) is 0 Å². The standard InChI is InChI=1S/C9H15BrN2O/c1-8(2)13-7-3-5-12-6-4-11-9(12)10/h4,6,8H,3,5,7H2,1-2H3. The number of aromatic nitrogens is 2. The Morgan fingerprint density at radius 3 is 2.92 bits per heavy atom. The molecule has 1 heterocycles. The van der Waals surface area contributed by atoms with Crippen molar-refractivity contribution >= 4 is 15.9 Å². The van der Waals surface area contributed by atoms with Crippen LogP contribution in [0.15, 0.2) is 17.1 Å². The lowest BCUT2D eigenvalue weighted by molar-refractivity contribution is 0.0747. The van der Waals surface area contributed by atoms with Crippen LogP contribution in [-0.4, -0.2) is 22.3 Å². The summed E-state index contributed by atoms with van der Waals surface area (Å²) < 4.78 is 8.38. The number of rotatable bonds is 5. The van der Waals surface area contributed by atoms with Crippen LogP contribution >= 0.6 is 15.9 Å². The molecule has 4 heteroatoms. The molecule has 0 aliphatic carbocycles. The smallest absolute Gasteiger partial charge is 0.177 e. The van der Waals surface area contributed by atoms with E-state index in [0.29, 0.717) is 6.10 Å². The number of imidazole rings is 1.